The molecule has 1 aliphatic rings. The smallest absolute Gasteiger partial charge is 0.0914 e. The van der Waals surface area contributed by atoms with Crippen molar-refractivity contribution in [3.8, 4) is 0 Å². The van der Waals surface area contributed by atoms with Crippen LogP contribution >= 0.6 is 0 Å². The molecular formula is C8H14O. The third-order valence-electron chi connectivity index (χ3n) is 2.05. The maximum absolute atomic E-state index is 9.23. The minimum absolute atomic E-state index is 0.633. The second kappa shape index (κ2) is 2.42. The average Bonchev–Trinajstić information content (AvgIpc) is 1.80. The van der Waals surface area contributed by atoms with E-state index >= 15 is 0 Å². The van der Waals surface area contributed by atoms with E-state index in [1.54, 1.807) is 0 Å². The van der Waals surface area contributed by atoms with Crippen LogP contribution in [0, 0.1) is 5.92 Å². The first-order valence-electron chi connectivity index (χ1n) is 3.57. The Bertz CT molecular complexity index is 136. The summed E-state index contributed by atoms with van der Waals surface area (Å²) in [6.45, 7) is 4.20. The summed E-state index contributed by atoms with van der Waals surface area (Å²) < 4.78 is 0. The molecular weight excluding hydrogens is 112 g/mol. The SMILES string of the molecule is CC1=C(O)CC(C)CC1. The highest BCUT2D eigenvalue weighted by Gasteiger charge is 2.13. The lowest BCUT2D eigenvalue weighted by Gasteiger charge is -2.18. The van der Waals surface area contributed by atoms with Gasteiger partial charge in [0.1, 0.15) is 0 Å². The predicted octanol–water partition coefficient (Wildman–Crippen LogP) is 2.64. The van der Waals surface area contributed by atoms with Gasteiger partial charge in [-0.05, 0) is 31.3 Å². The molecule has 1 unspecified atom stereocenters. The van der Waals surface area contributed by atoms with Crippen molar-refractivity contribution in [1.29, 1.82) is 0 Å². The van der Waals surface area contributed by atoms with Gasteiger partial charge in [0, 0.05) is 6.42 Å². The van der Waals surface area contributed by atoms with Crippen LogP contribution in [0.2, 0.25) is 0 Å². The lowest BCUT2D eigenvalue weighted by Crippen LogP contribution is -2.05. The Hall–Kier alpha value is -0.460. The second-order valence-electron chi connectivity index (χ2n) is 3.07. The van der Waals surface area contributed by atoms with Gasteiger partial charge in [-0.2, -0.15) is 0 Å². The Balaban J connectivity index is 2.61. The molecule has 0 fully saturated rings. The van der Waals surface area contributed by atoms with Gasteiger partial charge in [-0.3, -0.25) is 0 Å². The lowest BCUT2D eigenvalue weighted by molar-refractivity contribution is 0.322. The molecule has 0 aliphatic heterocycles. The number of rotatable bonds is 0. The van der Waals surface area contributed by atoms with E-state index in [9.17, 15) is 5.11 Å². The van der Waals surface area contributed by atoms with Crippen molar-refractivity contribution in [3.05, 3.63) is 11.3 Å². The molecule has 9 heavy (non-hydrogen) atoms. The fraction of sp³-hybridized carbons (Fsp3) is 0.750. The Kier molecular flexibility index (Phi) is 1.79. The molecule has 1 atom stereocenters. The van der Waals surface area contributed by atoms with E-state index in [2.05, 4.69) is 6.92 Å². The van der Waals surface area contributed by atoms with Crippen LogP contribution in [0.5, 0.6) is 0 Å². The van der Waals surface area contributed by atoms with Gasteiger partial charge in [-0.25, -0.2) is 0 Å². The zero-order valence-corrected chi connectivity index (χ0v) is 6.15. The van der Waals surface area contributed by atoms with Crippen molar-refractivity contribution < 1.29 is 5.11 Å². The molecule has 0 spiro atoms. The molecule has 1 rings (SSSR count). The van der Waals surface area contributed by atoms with E-state index in [-0.39, 0.29) is 0 Å². The summed E-state index contributed by atoms with van der Waals surface area (Å²) in [4.78, 5) is 0. The van der Waals surface area contributed by atoms with Gasteiger partial charge in [0.05, 0.1) is 5.76 Å². The van der Waals surface area contributed by atoms with Gasteiger partial charge < -0.3 is 5.11 Å². The molecule has 0 aromatic carbocycles. The van der Waals surface area contributed by atoms with Crippen LogP contribution in [0.4, 0.5) is 0 Å². The molecule has 0 bridgehead atoms. The van der Waals surface area contributed by atoms with E-state index in [1.807, 2.05) is 6.92 Å². The van der Waals surface area contributed by atoms with Gasteiger partial charge >= 0.3 is 0 Å². The molecule has 0 saturated carbocycles. The molecule has 1 heteroatoms. The minimum Gasteiger partial charge on any atom is -0.512 e. The van der Waals surface area contributed by atoms with Gasteiger partial charge in [-0.1, -0.05) is 6.92 Å². The first kappa shape index (κ1) is 6.66. The van der Waals surface area contributed by atoms with Crippen LogP contribution in [0.3, 0.4) is 0 Å². The molecule has 0 aromatic heterocycles. The molecule has 0 heterocycles. The zero-order chi connectivity index (χ0) is 6.85. The Labute approximate surface area is 56.4 Å². The Morgan fingerprint density at radius 1 is 1.56 bits per heavy atom. The molecule has 0 amide bonds. The van der Waals surface area contributed by atoms with Gasteiger partial charge in [0.25, 0.3) is 0 Å². The topological polar surface area (TPSA) is 20.2 Å². The highest BCUT2D eigenvalue weighted by molar-refractivity contribution is 5.08. The maximum Gasteiger partial charge on any atom is 0.0914 e. The van der Waals surface area contributed by atoms with Crippen molar-refractivity contribution in [3.63, 3.8) is 0 Å². The van der Waals surface area contributed by atoms with Gasteiger partial charge in [-0.15, -0.1) is 0 Å². The Morgan fingerprint density at radius 2 is 2.22 bits per heavy atom. The second-order valence-corrected chi connectivity index (χ2v) is 3.07. The molecule has 0 radical (unpaired) electrons. The van der Waals surface area contributed by atoms with E-state index in [4.69, 9.17) is 0 Å². The highest BCUT2D eigenvalue weighted by Crippen LogP contribution is 2.26. The molecule has 0 saturated heterocycles. The standard InChI is InChI=1S/C8H14O/c1-6-3-4-7(2)8(9)5-6/h6,9H,3-5H2,1-2H3. The molecule has 1 aliphatic carbocycles. The summed E-state index contributed by atoms with van der Waals surface area (Å²) in [6, 6.07) is 0. The van der Waals surface area contributed by atoms with E-state index in [0.717, 1.165) is 12.8 Å². The quantitative estimate of drug-likeness (QED) is 0.529. The summed E-state index contributed by atoms with van der Waals surface area (Å²) in [6.07, 6.45) is 3.23. The van der Waals surface area contributed by atoms with Crippen molar-refractivity contribution in [1.82, 2.24) is 0 Å². The van der Waals surface area contributed by atoms with E-state index in [1.165, 1.54) is 12.0 Å². The summed E-state index contributed by atoms with van der Waals surface area (Å²) in [5, 5.41) is 9.23. The third kappa shape index (κ3) is 1.47. The zero-order valence-electron chi connectivity index (χ0n) is 6.15. The van der Waals surface area contributed by atoms with Crippen LogP contribution < -0.4 is 0 Å². The summed E-state index contributed by atoms with van der Waals surface area (Å²) in [5.74, 6) is 1.32. The van der Waals surface area contributed by atoms with Crippen molar-refractivity contribution in [2.45, 2.75) is 33.1 Å². The molecule has 1 nitrogen and oxygen atoms in total. The fourth-order valence-electron chi connectivity index (χ4n) is 1.21. The van der Waals surface area contributed by atoms with Crippen molar-refractivity contribution in [2.75, 3.05) is 0 Å². The monoisotopic (exact) mass is 126 g/mol. The van der Waals surface area contributed by atoms with Crippen LogP contribution in [-0.4, -0.2) is 5.11 Å². The fourth-order valence-corrected chi connectivity index (χ4v) is 1.21. The van der Waals surface area contributed by atoms with Crippen LogP contribution in [0.25, 0.3) is 0 Å². The number of allylic oxidation sites excluding steroid dienone is 2. The summed E-state index contributed by atoms with van der Waals surface area (Å²) in [5.41, 5.74) is 1.19. The minimum atomic E-state index is 0.633. The van der Waals surface area contributed by atoms with Crippen LogP contribution in [0.1, 0.15) is 33.1 Å². The van der Waals surface area contributed by atoms with Crippen LogP contribution in [0.15, 0.2) is 11.3 Å². The highest BCUT2D eigenvalue weighted by atomic mass is 16.3. The average molecular weight is 126 g/mol. The predicted molar refractivity (Wildman–Crippen MR) is 38.3 cm³/mol. The normalized spacial score (nSPS) is 28.9. The summed E-state index contributed by atoms with van der Waals surface area (Å²) >= 11 is 0. The lowest BCUT2D eigenvalue weighted by atomic mass is 9.90. The third-order valence-corrected chi connectivity index (χ3v) is 2.05. The first-order valence-corrected chi connectivity index (χ1v) is 3.57. The number of hydrogen-bond acceptors (Lipinski definition) is 1. The number of hydrogen-bond donors (Lipinski definition) is 1. The Morgan fingerprint density at radius 3 is 2.67 bits per heavy atom. The van der Waals surface area contributed by atoms with Gasteiger partial charge in [0.2, 0.25) is 0 Å². The van der Waals surface area contributed by atoms with Crippen LogP contribution in [-0.2, 0) is 0 Å². The largest absolute Gasteiger partial charge is 0.512 e. The van der Waals surface area contributed by atoms with E-state index < -0.39 is 0 Å². The molecule has 1 N–H and O–H groups in total. The number of aliphatic hydroxyl groups is 1. The summed E-state index contributed by atoms with van der Waals surface area (Å²) in [7, 11) is 0. The number of aliphatic hydroxyl groups excluding tert-OH is 1. The maximum atomic E-state index is 9.23. The van der Waals surface area contributed by atoms with Crippen molar-refractivity contribution >= 4 is 0 Å². The van der Waals surface area contributed by atoms with E-state index in [0.29, 0.717) is 11.7 Å². The van der Waals surface area contributed by atoms with Gasteiger partial charge in [0.15, 0.2) is 0 Å². The first-order chi connectivity index (χ1) is 4.20. The van der Waals surface area contributed by atoms with Crippen molar-refractivity contribution in [2.24, 2.45) is 5.92 Å². The molecule has 0 aromatic rings. The molecule has 52 valence electrons.